The standard InChI is InChI=1S/C15H11Br2NO3/c1-9(19)18-11-3-5-12(6-4-11)21-15(20)13-8-10(16)2-7-14(13)17/h2-8H,1H3,(H,18,19). The molecule has 0 heterocycles. The number of esters is 1. The number of nitrogens with one attached hydrogen (secondary N) is 1. The molecule has 2 aromatic carbocycles. The fraction of sp³-hybridized carbons (Fsp3) is 0.0667. The quantitative estimate of drug-likeness (QED) is 0.600. The van der Waals surface area contributed by atoms with E-state index in [9.17, 15) is 9.59 Å². The van der Waals surface area contributed by atoms with E-state index >= 15 is 0 Å². The van der Waals surface area contributed by atoms with Crippen LogP contribution in [0.2, 0.25) is 0 Å². The summed E-state index contributed by atoms with van der Waals surface area (Å²) >= 11 is 6.63. The van der Waals surface area contributed by atoms with Gasteiger partial charge in [0, 0.05) is 21.6 Å². The summed E-state index contributed by atoms with van der Waals surface area (Å²) in [6.45, 7) is 1.43. The molecule has 2 aromatic rings. The van der Waals surface area contributed by atoms with Gasteiger partial charge in [0.05, 0.1) is 5.56 Å². The Morgan fingerprint density at radius 3 is 2.33 bits per heavy atom. The largest absolute Gasteiger partial charge is 0.423 e. The van der Waals surface area contributed by atoms with E-state index in [1.54, 1.807) is 36.4 Å². The summed E-state index contributed by atoms with van der Waals surface area (Å²) in [7, 11) is 0. The third-order valence-electron chi connectivity index (χ3n) is 2.53. The highest BCUT2D eigenvalue weighted by Gasteiger charge is 2.13. The zero-order valence-corrected chi connectivity index (χ0v) is 14.2. The van der Waals surface area contributed by atoms with Gasteiger partial charge in [-0.05, 0) is 58.4 Å². The maximum Gasteiger partial charge on any atom is 0.344 e. The first-order valence-electron chi connectivity index (χ1n) is 6.00. The number of carbonyl (C=O) groups excluding carboxylic acids is 2. The number of rotatable bonds is 3. The Morgan fingerprint density at radius 1 is 1.05 bits per heavy atom. The van der Waals surface area contributed by atoms with Crippen LogP contribution in [-0.2, 0) is 4.79 Å². The number of halogens is 2. The molecule has 0 aliphatic heterocycles. The predicted molar refractivity (Wildman–Crippen MR) is 87.5 cm³/mol. The number of hydrogen-bond acceptors (Lipinski definition) is 3. The molecular weight excluding hydrogens is 402 g/mol. The molecule has 2 rings (SSSR count). The number of ether oxygens (including phenoxy) is 1. The van der Waals surface area contributed by atoms with Crippen molar-refractivity contribution in [3.05, 3.63) is 57.0 Å². The van der Waals surface area contributed by atoms with E-state index < -0.39 is 5.97 Å². The highest BCUT2D eigenvalue weighted by molar-refractivity contribution is 9.11. The molecule has 108 valence electrons. The average molecular weight is 413 g/mol. The van der Waals surface area contributed by atoms with Gasteiger partial charge in [-0.15, -0.1) is 0 Å². The van der Waals surface area contributed by atoms with Crippen molar-refractivity contribution in [3.8, 4) is 5.75 Å². The summed E-state index contributed by atoms with van der Waals surface area (Å²) in [6.07, 6.45) is 0. The van der Waals surface area contributed by atoms with Gasteiger partial charge in [-0.25, -0.2) is 4.79 Å². The van der Waals surface area contributed by atoms with Crippen LogP contribution < -0.4 is 10.1 Å². The lowest BCUT2D eigenvalue weighted by Gasteiger charge is -2.07. The number of anilines is 1. The highest BCUT2D eigenvalue weighted by Crippen LogP contribution is 2.24. The molecule has 0 bridgehead atoms. The van der Waals surface area contributed by atoms with Crippen molar-refractivity contribution in [2.45, 2.75) is 6.92 Å². The maximum absolute atomic E-state index is 12.1. The molecular formula is C15H11Br2NO3. The first-order chi connectivity index (χ1) is 9.95. The van der Waals surface area contributed by atoms with E-state index in [2.05, 4.69) is 37.2 Å². The first-order valence-corrected chi connectivity index (χ1v) is 7.59. The first kappa shape index (κ1) is 15.7. The molecule has 0 unspecified atom stereocenters. The van der Waals surface area contributed by atoms with E-state index in [0.29, 0.717) is 21.5 Å². The van der Waals surface area contributed by atoms with Gasteiger partial charge in [0.15, 0.2) is 0 Å². The number of hydrogen-bond donors (Lipinski definition) is 1. The summed E-state index contributed by atoms with van der Waals surface area (Å²) in [4.78, 5) is 23.0. The Labute approximate surface area is 138 Å². The van der Waals surface area contributed by atoms with E-state index in [1.807, 2.05) is 6.07 Å². The fourth-order valence-electron chi connectivity index (χ4n) is 1.63. The summed E-state index contributed by atoms with van der Waals surface area (Å²) in [5.41, 5.74) is 1.07. The van der Waals surface area contributed by atoms with Crippen LogP contribution in [0.15, 0.2) is 51.4 Å². The SMILES string of the molecule is CC(=O)Nc1ccc(OC(=O)c2cc(Br)ccc2Br)cc1. The predicted octanol–water partition coefficient (Wildman–Crippen LogP) is 4.39. The van der Waals surface area contributed by atoms with Crippen molar-refractivity contribution >= 4 is 49.4 Å². The van der Waals surface area contributed by atoms with Crippen LogP contribution in [0, 0.1) is 0 Å². The van der Waals surface area contributed by atoms with E-state index in [4.69, 9.17) is 4.74 Å². The van der Waals surface area contributed by atoms with Crippen LogP contribution >= 0.6 is 31.9 Å². The van der Waals surface area contributed by atoms with E-state index in [0.717, 1.165) is 4.47 Å². The molecule has 0 atom stereocenters. The normalized spacial score (nSPS) is 10.0. The third kappa shape index (κ3) is 4.41. The highest BCUT2D eigenvalue weighted by atomic mass is 79.9. The van der Waals surface area contributed by atoms with Crippen molar-refractivity contribution < 1.29 is 14.3 Å². The van der Waals surface area contributed by atoms with Crippen LogP contribution in [0.1, 0.15) is 17.3 Å². The molecule has 1 amide bonds. The monoisotopic (exact) mass is 411 g/mol. The fourth-order valence-corrected chi connectivity index (χ4v) is 2.40. The molecule has 0 spiro atoms. The molecule has 0 radical (unpaired) electrons. The van der Waals surface area contributed by atoms with E-state index in [-0.39, 0.29) is 5.91 Å². The van der Waals surface area contributed by atoms with Crippen molar-refractivity contribution in [2.24, 2.45) is 0 Å². The smallest absolute Gasteiger partial charge is 0.344 e. The summed E-state index contributed by atoms with van der Waals surface area (Å²) in [5, 5.41) is 2.64. The van der Waals surface area contributed by atoms with Crippen molar-refractivity contribution in [1.29, 1.82) is 0 Å². The minimum atomic E-state index is -0.463. The minimum Gasteiger partial charge on any atom is -0.423 e. The summed E-state index contributed by atoms with van der Waals surface area (Å²) < 4.78 is 6.74. The minimum absolute atomic E-state index is 0.155. The zero-order chi connectivity index (χ0) is 15.4. The molecule has 1 N–H and O–H groups in total. The van der Waals surface area contributed by atoms with Gasteiger partial charge < -0.3 is 10.1 Å². The Hall–Kier alpha value is -1.66. The van der Waals surface area contributed by atoms with Crippen molar-refractivity contribution in [2.75, 3.05) is 5.32 Å². The second-order valence-corrected chi connectivity index (χ2v) is 5.99. The topological polar surface area (TPSA) is 55.4 Å². The van der Waals surface area contributed by atoms with Gasteiger partial charge in [-0.1, -0.05) is 15.9 Å². The molecule has 0 fully saturated rings. The van der Waals surface area contributed by atoms with Crippen LogP contribution in [0.5, 0.6) is 5.75 Å². The number of amides is 1. The van der Waals surface area contributed by atoms with Crippen LogP contribution in [-0.4, -0.2) is 11.9 Å². The van der Waals surface area contributed by atoms with E-state index in [1.165, 1.54) is 6.92 Å². The van der Waals surface area contributed by atoms with Crippen molar-refractivity contribution in [1.82, 2.24) is 0 Å². The zero-order valence-electron chi connectivity index (χ0n) is 11.0. The molecule has 0 saturated heterocycles. The average Bonchev–Trinajstić information content (AvgIpc) is 2.43. The molecule has 0 aliphatic rings. The maximum atomic E-state index is 12.1. The molecule has 21 heavy (non-hydrogen) atoms. The summed E-state index contributed by atoms with van der Waals surface area (Å²) in [5.74, 6) is -0.214. The van der Waals surface area contributed by atoms with Gasteiger partial charge in [0.25, 0.3) is 0 Å². The Kier molecular flexibility index (Phi) is 5.14. The lowest BCUT2D eigenvalue weighted by Crippen LogP contribution is -2.09. The molecule has 0 aromatic heterocycles. The molecule has 0 aliphatic carbocycles. The van der Waals surface area contributed by atoms with Gasteiger partial charge in [-0.3, -0.25) is 4.79 Å². The van der Waals surface area contributed by atoms with Gasteiger partial charge in [0.2, 0.25) is 5.91 Å². The van der Waals surface area contributed by atoms with Gasteiger partial charge >= 0.3 is 5.97 Å². The van der Waals surface area contributed by atoms with Crippen LogP contribution in [0.25, 0.3) is 0 Å². The van der Waals surface area contributed by atoms with Gasteiger partial charge in [-0.2, -0.15) is 0 Å². The van der Waals surface area contributed by atoms with Crippen LogP contribution in [0.4, 0.5) is 5.69 Å². The second kappa shape index (κ2) is 6.87. The third-order valence-corrected chi connectivity index (χ3v) is 3.72. The Balaban J connectivity index is 2.12. The van der Waals surface area contributed by atoms with Crippen LogP contribution in [0.3, 0.4) is 0 Å². The second-order valence-electron chi connectivity index (χ2n) is 4.22. The molecule has 4 nitrogen and oxygen atoms in total. The number of carbonyl (C=O) groups is 2. The van der Waals surface area contributed by atoms with Gasteiger partial charge in [0.1, 0.15) is 5.75 Å². The summed E-state index contributed by atoms with van der Waals surface area (Å²) in [6, 6.07) is 11.8. The lowest BCUT2D eigenvalue weighted by molar-refractivity contribution is -0.114. The number of benzene rings is 2. The molecule has 0 saturated carbocycles. The lowest BCUT2D eigenvalue weighted by atomic mass is 10.2. The molecule has 6 heteroatoms. The Bertz CT molecular complexity index is 684. The Morgan fingerprint density at radius 2 is 1.71 bits per heavy atom. The van der Waals surface area contributed by atoms with Crippen molar-refractivity contribution in [3.63, 3.8) is 0 Å².